The Morgan fingerprint density at radius 1 is 1.09 bits per heavy atom. The van der Waals surface area contributed by atoms with Crippen molar-refractivity contribution in [3.8, 4) is 0 Å². The largest absolute Gasteiger partial charge is 0.465 e. The van der Waals surface area contributed by atoms with Crippen LogP contribution in [0.2, 0.25) is 0 Å². The normalized spacial score (nSPS) is 12.5. The summed E-state index contributed by atoms with van der Waals surface area (Å²) in [5.41, 5.74) is 5.05. The Kier molecular flexibility index (Phi) is 9.24. The summed E-state index contributed by atoms with van der Waals surface area (Å²) >= 11 is 0. The highest BCUT2D eigenvalue weighted by atomic mass is 16.6. The Balaban J connectivity index is 3.88. The second-order valence-corrected chi connectivity index (χ2v) is 6.61. The number of rotatable bonds is 8. The quantitative estimate of drug-likeness (QED) is 0.441. The predicted molar refractivity (Wildman–Crippen MR) is 85.6 cm³/mol. The molecule has 8 heteroatoms. The minimum atomic E-state index is -0.976. The third kappa shape index (κ3) is 12.4. The molecule has 2 amide bonds. The maximum absolute atomic E-state index is 11.7. The van der Waals surface area contributed by atoms with Crippen molar-refractivity contribution in [3.63, 3.8) is 0 Å². The number of nitrogens with one attached hydrogen (secondary N) is 2. The lowest BCUT2D eigenvalue weighted by Gasteiger charge is -2.19. The molecule has 0 aromatic rings. The van der Waals surface area contributed by atoms with Gasteiger partial charge in [-0.05, 0) is 26.7 Å². The van der Waals surface area contributed by atoms with Crippen LogP contribution in [0.5, 0.6) is 0 Å². The number of nitrogens with two attached hydrogens (primary N) is 1. The zero-order chi connectivity index (χ0) is 18.0. The molecule has 0 heterocycles. The molecule has 134 valence electrons. The first kappa shape index (κ1) is 21.2. The van der Waals surface area contributed by atoms with E-state index in [0.29, 0.717) is 6.61 Å². The van der Waals surface area contributed by atoms with E-state index in [2.05, 4.69) is 10.6 Å². The maximum Gasteiger partial charge on any atom is 0.407 e. The molecule has 0 aromatic carbocycles. The van der Waals surface area contributed by atoms with Crippen LogP contribution in [0.1, 0.15) is 41.0 Å². The summed E-state index contributed by atoms with van der Waals surface area (Å²) in [7, 11) is 0. The molecule has 4 N–H and O–H groups in total. The molecule has 0 aliphatic heterocycles. The molecule has 0 aromatic heterocycles. The Hall–Kier alpha value is -1.83. The minimum Gasteiger partial charge on any atom is -0.465 e. The van der Waals surface area contributed by atoms with Gasteiger partial charge in [0.1, 0.15) is 5.60 Å². The highest BCUT2D eigenvalue weighted by Gasteiger charge is 2.19. The van der Waals surface area contributed by atoms with Crippen LogP contribution in [-0.2, 0) is 19.1 Å². The van der Waals surface area contributed by atoms with Gasteiger partial charge >= 0.3 is 12.1 Å². The standard InChI is InChI=1S/C15H29N3O5/c1-10(2)9-22-12(19)8-11(16)13(20)17-6-7-18-14(21)23-15(3,4)5/h10-11H,6-9,16H2,1-5H3,(H,17,20)(H,18,21). The Bertz CT molecular complexity index is 404. The number of alkyl carbamates (subject to hydrolysis) is 1. The first-order chi connectivity index (χ1) is 10.5. The van der Waals surface area contributed by atoms with E-state index in [1.165, 1.54) is 0 Å². The lowest BCUT2D eigenvalue weighted by Crippen LogP contribution is -2.45. The molecule has 8 nitrogen and oxygen atoms in total. The van der Waals surface area contributed by atoms with Gasteiger partial charge in [-0.15, -0.1) is 0 Å². The number of ether oxygens (including phenoxy) is 2. The highest BCUT2D eigenvalue weighted by Crippen LogP contribution is 2.06. The monoisotopic (exact) mass is 331 g/mol. The van der Waals surface area contributed by atoms with E-state index in [0.717, 1.165) is 0 Å². The summed E-state index contributed by atoms with van der Waals surface area (Å²) in [5, 5.41) is 5.03. The fourth-order valence-electron chi connectivity index (χ4n) is 1.39. The van der Waals surface area contributed by atoms with Gasteiger partial charge in [0.05, 0.1) is 19.1 Å². The van der Waals surface area contributed by atoms with Crippen molar-refractivity contribution in [2.24, 2.45) is 11.7 Å². The molecule has 0 aliphatic rings. The molecule has 0 spiro atoms. The second-order valence-electron chi connectivity index (χ2n) is 6.61. The van der Waals surface area contributed by atoms with Crippen molar-refractivity contribution in [3.05, 3.63) is 0 Å². The van der Waals surface area contributed by atoms with Gasteiger partial charge in [0.25, 0.3) is 0 Å². The lowest BCUT2D eigenvalue weighted by atomic mass is 10.2. The van der Waals surface area contributed by atoms with Gasteiger partial charge in [-0.2, -0.15) is 0 Å². The van der Waals surface area contributed by atoms with Crippen LogP contribution in [0.15, 0.2) is 0 Å². The zero-order valence-corrected chi connectivity index (χ0v) is 14.6. The summed E-state index contributed by atoms with van der Waals surface area (Å²) < 4.78 is 10.00. The highest BCUT2D eigenvalue weighted by molar-refractivity contribution is 5.86. The van der Waals surface area contributed by atoms with Crippen molar-refractivity contribution >= 4 is 18.0 Å². The third-order valence-electron chi connectivity index (χ3n) is 2.39. The molecule has 0 radical (unpaired) electrons. The van der Waals surface area contributed by atoms with E-state index < -0.39 is 29.6 Å². The van der Waals surface area contributed by atoms with Crippen molar-refractivity contribution in [2.75, 3.05) is 19.7 Å². The number of hydrogen-bond donors (Lipinski definition) is 3. The fraction of sp³-hybridized carbons (Fsp3) is 0.800. The predicted octanol–water partition coefficient (Wildman–Crippen LogP) is 0.544. The molecule has 23 heavy (non-hydrogen) atoms. The third-order valence-corrected chi connectivity index (χ3v) is 2.39. The van der Waals surface area contributed by atoms with Crippen molar-refractivity contribution in [1.82, 2.24) is 10.6 Å². The SMILES string of the molecule is CC(C)COC(=O)CC(N)C(=O)NCCNC(=O)OC(C)(C)C. The van der Waals surface area contributed by atoms with Crippen molar-refractivity contribution in [2.45, 2.75) is 52.7 Å². The van der Waals surface area contributed by atoms with Gasteiger partial charge in [0.15, 0.2) is 0 Å². The Morgan fingerprint density at radius 3 is 2.17 bits per heavy atom. The maximum atomic E-state index is 11.7. The van der Waals surface area contributed by atoms with E-state index in [4.69, 9.17) is 15.2 Å². The van der Waals surface area contributed by atoms with Gasteiger partial charge in [-0.25, -0.2) is 4.79 Å². The zero-order valence-electron chi connectivity index (χ0n) is 14.6. The molecule has 0 saturated carbocycles. The molecule has 0 saturated heterocycles. The van der Waals surface area contributed by atoms with Gasteiger partial charge in [0.2, 0.25) is 5.91 Å². The van der Waals surface area contributed by atoms with Crippen molar-refractivity contribution in [1.29, 1.82) is 0 Å². The smallest absolute Gasteiger partial charge is 0.407 e. The van der Waals surface area contributed by atoms with Crippen LogP contribution in [0.4, 0.5) is 4.79 Å². The van der Waals surface area contributed by atoms with Crippen LogP contribution in [0.25, 0.3) is 0 Å². The summed E-state index contributed by atoms with van der Waals surface area (Å²) in [4.78, 5) is 34.5. The van der Waals surface area contributed by atoms with E-state index in [-0.39, 0.29) is 25.4 Å². The number of amides is 2. The van der Waals surface area contributed by atoms with Crippen LogP contribution < -0.4 is 16.4 Å². The van der Waals surface area contributed by atoms with Gasteiger partial charge < -0.3 is 25.8 Å². The summed E-state index contributed by atoms with van der Waals surface area (Å²) in [6.45, 7) is 9.78. The molecule has 1 unspecified atom stereocenters. The summed E-state index contributed by atoms with van der Waals surface area (Å²) in [6.07, 6.45) is -0.744. The van der Waals surface area contributed by atoms with Crippen molar-refractivity contribution < 1.29 is 23.9 Å². The molecule has 0 aliphatic carbocycles. The molecule has 0 rings (SSSR count). The van der Waals surface area contributed by atoms with E-state index in [1.807, 2.05) is 13.8 Å². The molecule has 0 bridgehead atoms. The number of hydrogen-bond acceptors (Lipinski definition) is 6. The van der Waals surface area contributed by atoms with Gasteiger partial charge in [-0.3, -0.25) is 9.59 Å². The topological polar surface area (TPSA) is 120 Å². The molecular weight excluding hydrogens is 302 g/mol. The van der Waals surface area contributed by atoms with Crippen LogP contribution >= 0.6 is 0 Å². The first-order valence-corrected chi connectivity index (χ1v) is 7.67. The van der Waals surface area contributed by atoms with E-state index in [9.17, 15) is 14.4 Å². The average molecular weight is 331 g/mol. The second kappa shape index (κ2) is 10.0. The number of esters is 1. The summed E-state index contributed by atoms with van der Waals surface area (Å²) in [5.74, 6) is -0.756. The minimum absolute atomic E-state index is 0.182. The number of carbonyl (C=O) groups is 3. The Morgan fingerprint density at radius 2 is 1.65 bits per heavy atom. The average Bonchev–Trinajstić information content (AvgIpc) is 2.39. The Labute approximate surface area is 137 Å². The van der Waals surface area contributed by atoms with Crippen LogP contribution in [0, 0.1) is 5.92 Å². The number of carbonyl (C=O) groups excluding carboxylic acids is 3. The first-order valence-electron chi connectivity index (χ1n) is 7.67. The summed E-state index contributed by atoms with van der Waals surface area (Å²) in [6, 6.07) is -0.976. The molecule has 0 fully saturated rings. The lowest BCUT2D eigenvalue weighted by molar-refractivity contribution is -0.146. The van der Waals surface area contributed by atoms with Gasteiger partial charge in [-0.1, -0.05) is 13.8 Å². The van der Waals surface area contributed by atoms with Crippen LogP contribution in [-0.4, -0.2) is 49.3 Å². The van der Waals surface area contributed by atoms with E-state index >= 15 is 0 Å². The van der Waals surface area contributed by atoms with E-state index in [1.54, 1.807) is 20.8 Å². The molecule has 1 atom stereocenters. The fourth-order valence-corrected chi connectivity index (χ4v) is 1.39. The van der Waals surface area contributed by atoms with Gasteiger partial charge in [0, 0.05) is 13.1 Å². The van der Waals surface area contributed by atoms with Crippen LogP contribution in [0.3, 0.4) is 0 Å². The molecular formula is C15H29N3O5.